The predicted octanol–water partition coefficient (Wildman–Crippen LogP) is 4.77. The molecule has 0 bridgehead atoms. The third-order valence-electron chi connectivity index (χ3n) is 3.71. The first-order valence-corrected chi connectivity index (χ1v) is 9.84. The summed E-state index contributed by atoms with van der Waals surface area (Å²) in [6.45, 7) is 4.04. The Hall–Kier alpha value is -2.12. The Bertz CT molecular complexity index is 909. The summed E-state index contributed by atoms with van der Waals surface area (Å²) in [4.78, 5) is 12.1. The number of anilines is 1. The Morgan fingerprint density at radius 2 is 1.92 bits per heavy atom. The van der Waals surface area contributed by atoms with Crippen molar-refractivity contribution in [3.8, 4) is 0 Å². The average molecular weight is 432 g/mol. The van der Waals surface area contributed by atoms with E-state index in [1.54, 1.807) is 0 Å². The molecule has 0 aliphatic rings. The number of nitrogens with one attached hydrogen (secondary N) is 1. The second-order valence-corrected chi connectivity index (χ2v) is 7.71. The van der Waals surface area contributed by atoms with Gasteiger partial charge in [-0.25, -0.2) is 0 Å². The largest absolute Gasteiger partial charge is 0.416 e. The Kier molecular flexibility index (Phi) is 6.11. The van der Waals surface area contributed by atoms with Crippen LogP contribution in [-0.4, -0.2) is 21.9 Å². The quantitative estimate of drug-likeness (QED) is 0.569. The van der Waals surface area contributed by atoms with Gasteiger partial charge in [0.25, 0.3) is 5.22 Å². The molecule has 0 aliphatic heterocycles. The van der Waals surface area contributed by atoms with E-state index in [2.05, 4.69) is 43.6 Å². The lowest BCUT2D eigenvalue weighted by molar-refractivity contribution is -0.113. The van der Waals surface area contributed by atoms with Gasteiger partial charge in [0.1, 0.15) is 0 Å². The molecule has 0 saturated heterocycles. The molecule has 3 aromatic rings. The van der Waals surface area contributed by atoms with Gasteiger partial charge in [-0.15, -0.1) is 10.2 Å². The fourth-order valence-electron chi connectivity index (χ4n) is 2.24. The van der Waals surface area contributed by atoms with E-state index in [4.69, 9.17) is 4.42 Å². The highest BCUT2D eigenvalue weighted by atomic mass is 79.9. The Morgan fingerprint density at radius 1 is 1.15 bits per heavy atom. The van der Waals surface area contributed by atoms with Crippen LogP contribution in [0, 0.1) is 13.8 Å². The van der Waals surface area contributed by atoms with E-state index >= 15 is 0 Å². The highest BCUT2D eigenvalue weighted by Crippen LogP contribution is 2.22. The first-order chi connectivity index (χ1) is 12.5. The maximum atomic E-state index is 12.1. The number of amides is 1. The summed E-state index contributed by atoms with van der Waals surface area (Å²) in [6.07, 6.45) is 0.581. The van der Waals surface area contributed by atoms with Crippen LogP contribution in [0.2, 0.25) is 0 Å². The zero-order chi connectivity index (χ0) is 18.5. The second-order valence-electron chi connectivity index (χ2n) is 5.92. The molecule has 1 aromatic heterocycles. The number of thioether (sulfide) groups is 1. The molecule has 0 atom stereocenters. The van der Waals surface area contributed by atoms with Crippen molar-refractivity contribution in [2.45, 2.75) is 25.5 Å². The molecule has 1 amide bonds. The molecule has 134 valence electrons. The van der Waals surface area contributed by atoms with Gasteiger partial charge in [0.05, 0.1) is 12.2 Å². The summed E-state index contributed by atoms with van der Waals surface area (Å²) in [5, 5.41) is 11.3. The minimum atomic E-state index is -0.121. The van der Waals surface area contributed by atoms with Crippen molar-refractivity contribution in [1.29, 1.82) is 0 Å². The number of halogens is 1. The Labute approximate surface area is 164 Å². The highest BCUT2D eigenvalue weighted by Gasteiger charge is 2.11. The number of aromatic nitrogens is 2. The molecular weight excluding hydrogens is 414 g/mol. The lowest BCUT2D eigenvalue weighted by Crippen LogP contribution is -2.14. The highest BCUT2D eigenvalue weighted by molar-refractivity contribution is 9.10. The third-order valence-corrected chi connectivity index (χ3v) is 5.38. The first kappa shape index (κ1) is 18.7. The standard InChI is InChI=1S/C19H18BrN3O2S/c1-12-3-6-14(7-4-12)9-18-22-23-19(25-18)26-11-17(24)21-15-8-5-13(2)16(20)10-15/h3-8,10H,9,11H2,1-2H3,(H,21,24). The smallest absolute Gasteiger partial charge is 0.277 e. The van der Waals surface area contributed by atoms with Crippen molar-refractivity contribution in [2.24, 2.45) is 0 Å². The summed E-state index contributed by atoms with van der Waals surface area (Å²) in [7, 11) is 0. The fraction of sp³-hybridized carbons (Fsp3) is 0.211. The molecule has 1 N–H and O–H groups in total. The van der Waals surface area contributed by atoms with Crippen LogP contribution in [0.1, 0.15) is 22.6 Å². The van der Waals surface area contributed by atoms with E-state index in [0.29, 0.717) is 17.5 Å². The van der Waals surface area contributed by atoms with E-state index < -0.39 is 0 Å². The van der Waals surface area contributed by atoms with Gasteiger partial charge in [-0.1, -0.05) is 63.6 Å². The molecular formula is C19H18BrN3O2S. The number of nitrogens with zero attached hydrogens (tertiary/aromatic N) is 2. The molecule has 3 rings (SSSR count). The van der Waals surface area contributed by atoms with E-state index in [1.807, 2.05) is 44.2 Å². The first-order valence-electron chi connectivity index (χ1n) is 8.06. The number of aryl methyl sites for hydroxylation is 2. The fourth-order valence-corrected chi connectivity index (χ4v) is 3.20. The molecule has 0 fully saturated rings. The van der Waals surface area contributed by atoms with Gasteiger partial charge in [-0.05, 0) is 37.1 Å². The van der Waals surface area contributed by atoms with Crippen molar-refractivity contribution in [2.75, 3.05) is 11.1 Å². The number of hydrogen-bond acceptors (Lipinski definition) is 5. The molecule has 5 nitrogen and oxygen atoms in total. The van der Waals surface area contributed by atoms with Crippen LogP contribution in [0.25, 0.3) is 0 Å². The van der Waals surface area contributed by atoms with E-state index in [-0.39, 0.29) is 11.7 Å². The van der Waals surface area contributed by atoms with E-state index in [1.165, 1.54) is 17.3 Å². The summed E-state index contributed by atoms with van der Waals surface area (Å²) in [5.74, 6) is 0.626. The lowest BCUT2D eigenvalue weighted by Gasteiger charge is -2.06. The monoisotopic (exact) mass is 431 g/mol. The van der Waals surface area contributed by atoms with Crippen LogP contribution >= 0.6 is 27.7 Å². The number of carbonyl (C=O) groups is 1. The second kappa shape index (κ2) is 8.51. The minimum Gasteiger partial charge on any atom is -0.416 e. The summed E-state index contributed by atoms with van der Waals surface area (Å²) >= 11 is 4.68. The van der Waals surface area contributed by atoms with Gasteiger partial charge in [-0.3, -0.25) is 4.79 Å². The molecule has 0 spiro atoms. The molecule has 0 radical (unpaired) electrons. The summed E-state index contributed by atoms with van der Waals surface area (Å²) in [6, 6.07) is 13.9. The van der Waals surface area contributed by atoms with Crippen molar-refractivity contribution >= 4 is 39.3 Å². The molecule has 0 aliphatic carbocycles. The normalized spacial score (nSPS) is 10.7. The summed E-state index contributed by atoms with van der Waals surface area (Å²) < 4.78 is 6.57. The summed E-state index contributed by atoms with van der Waals surface area (Å²) in [5.41, 5.74) is 4.18. The topological polar surface area (TPSA) is 68.0 Å². The average Bonchev–Trinajstić information content (AvgIpc) is 3.06. The van der Waals surface area contributed by atoms with E-state index in [9.17, 15) is 4.79 Å². The van der Waals surface area contributed by atoms with Gasteiger partial charge >= 0.3 is 0 Å². The zero-order valence-corrected chi connectivity index (χ0v) is 16.9. The number of carbonyl (C=O) groups excluding carboxylic acids is 1. The lowest BCUT2D eigenvalue weighted by atomic mass is 10.1. The molecule has 2 aromatic carbocycles. The van der Waals surface area contributed by atoms with Crippen LogP contribution in [-0.2, 0) is 11.2 Å². The van der Waals surface area contributed by atoms with Crippen molar-refractivity contribution < 1.29 is 9.21 Å². The van der Waals surface area contributed by atoms with Crippen LogP contribution < -0.4 is 5.32 Å². The number of benzene rings is 2. The van der Waals surface area contributed by atoms with Gasteiger partial charge in [0.15, 0.2) is 0 Å². The molecule has 0 unspecified atom stereocenters. The zero-order valence-electron chi connectivity index (χ0n) is 14.5. The van der Waals surface area contributed by atoms with Crippen molar-refractivity contribution in [3.05, 3.63) is 69.5 Å². The van der Waals surface area contributed by atoms with Gasteiger partial charge in [0, 0.05) is 10.2 Å². The van der Waals surface area contributed by atoms with Crippen LogP contribution in [0.15, 0.2) is 56.6 Å². The maximum Gasteiger partial charge on any atom is 0.277 e. The van der Waals surface area contributed by atoms with Crippen LogP contribution in [0.3, 0.4) is 0 Å². The van der Waals surface area contributed by atoms with Gasteiger partial charge in [-0.2, -0.15) is 0 Å². The van der Waals surface area contributed by atoms with Gasteiger partial charge in [0.2, 0.25) is 11.8 Å². The number of hydrogen-bond donors (Lipinski definition) is 1. The minimum absolute atomic E-state index is 0.121. The molecule has 1 heterocycles. The third kappa shape index (κ3) is 5.19. The SMILES string of the molecule is Cc1ccc(Cc2nnc(SCC(=O)Nc3ccc(C)c(Br)c3)o2)cc1. The number of rotatable bonds is 6. The van der Waals surface area contributed by atoms with Crippen molar-refractivity contribution in [3.63, 3.8) is 0 Å². The van der Waals surface area contributed by atoms with E-state index in [0.717, 1.165) is 21.3 Å². The van der Waals surface area contributed by atoms with Crippen molar-refractivity contribution in [1.82, 2.24) is 10.2 Å². The Balaban J connectivity index is 1.51. The molecule has 0 saturated carbocycles. The molecule has 7 heteroatoms. The molecule has 26 heavy (non-hydrogen) atoms. The maximum absolute atomic E-state index is 12.1. The van der Waals surface area contributed by atoms with Gasteiger partial charge < -0.3 is 9.73 Å². The Morgan fingerprint density at radius 3 is 2.65 bits per heavy atom. The van der Waals surface area contributed by atoms with Crippen LogP contribution in [0.5, 0.6) is 0 Å². The predicted molar refractivity (Wildman–Crippen MR) is 107 cm³/mol. The van der Waals surface area contributed by atoms with Crippen LogP contribution in [0.4, 0.5) is 5.69 Å².